The Morgan fingerprint density at radius 2 is 1.70 bits per heavy atom. The van der Waals surface area contributed by atoms with Crippen LogP contribution in [0, 0.1) is 3.57 Å². The maximum absolute atomic E-state index is 6.49. The van der Waals surface area contributed by atoms with E-state index in [-0.39, 0.29) is 0 Å². The molecule has 2 aromatic carbocycles. The molecule has 0 aliphatic rings. The summed E-state index contributed by atoms with van der Waals surface area (Å²) >= 11 is 8.79. The van der Waals surface area contributed by atoms with Crippen molar-refractivity contribution in [2.75, 3.05) is 7.11 Å². The van der Waals surface area contributed by atoms with Crippen LogP contribution < -0.4 is 0 Å². The standard InChI is InChI=1S/C21H17ClIN3O/c1-27-12-14-2-6-15(7-3-14)20-17(22)11-18-21(26-20)25-19(24-18)10-13-4-8-16(23)9-5-13/h2-9,11H,10,12H2,1H3,(H,24,25,26). The van der Waals surface area contributed by atoms with E-state index in [2.05, 4.69) is 56.8 Å². The summed E-state index contributed by atoms with van der Waals surface area (Å²) in [4.78, 5) is 12.7. The summed E-state index contributed by atoms with van der Waals surface area (Å²) in [5, 5.41) is 0.603. The first-order valence-corrected chi connectivity index (χ1v) is 9.96. The highest BCUT2D eigenvalue weighted by molar-refractivity contribution is 14.1. The fourth-order valence-electron chi connectivity index (χ4n) is 2.97. The Balaban J connectivity index is 1.65. The van der Waals surface area contributed by atoms with Crippen LogP contribution in [0.25, 0.3) is 22.4 Å². The predicted octanol–water partition coefficient (Wildman–Crippen LogP) is 5.62. The lowest BCUT2D eigenvalue weighted by Crippen LogP contribution is -1.91. The molecule has 0 bridgehead atoms. The minimum Gasteiger partial charge on any atom is -0.380 e. The van der Waals surface area contributed by atoms with Crippen LogP contribution >= 0.6 is 34.2 Å². The number of methoxy groups -OCH3 is 1. The Hall–Kier alpha value is -1.96. The van der Waals surface area contributed by atoms with Crippen molar-refractivity contribution in [3.8, 4) is 11.3 Å². The maximum atomic E-state index is 6.49. The minimum atomic E-state index is 0.585. The average molecular weight is 490 g/mol. The normalized spacial score (nSPS) is 11.2. The lowest BCUT2D eigenvalue weighted by atomic mass is 10.1. The highest BCUT2D eigenvalue weighted by Gasteiger charge is 2.12. The van der Waals surface area contributed by atoms with E-state index >= 15 is 0 Å². The number of fused-ring (bicyclic) bond motifs is 1. The number of imidazole rings is 1. The third-order valence-corrected chi connectivity index (χ3v) is 5.31. The van der Waals surface area contributed by atoms with E-state index in [0.29, 0.717) is 17.3 Å². The fraction of sp³-hybridized carbons (Fsp3) is 0.143. The molecule has 0 saturated heterocycles. The summed E-state index contributed by atoms with van der Waals surface area (Å²) < 4.78 is 6.37. The molecule has 0 aliphatic heterocycles. The van der Waals surface area contributed by atoms with E-state index < -0.39 is 0 Å². The molecular weight excluding hydrogens is 473 g/mol. The molecule has 6 heteroatoms. The molecule has 27 heavy (non-hydrogen) atoms. The zero-order chi connectivity index (χ0) is 18.8. The van der Waals surface area contributed by atoms with E-state index in [1.54, 1.807) is 7.11 Å². The summed E-state index contributed by atoms with van der Waals surface area (Å²) in [5.41, 5.74) is 5.54. The number of benzene rings is 2. The Morgan fingerprint density at radius 1 is 1.00 bits per heavy atom. The largest absolute Gasteiger partial charge is 0.380 e. The summed E-state index contributed by atoms with van der Waals surface area (Å²) in [6, 6.07) is 18.4. The van der Waals surface area contributed by atoms with E-state index in [1.807, 2.05) is 30.3 Å². The number of halogens is 2. The smallest absolute Gasteiger partial charge is 0.178 e. The first-order chi connectivity index (χ1) is 13.1. The van der Waals surface area contributed by atoms with Crippen molar-refractivity contribution in [2.24, 2.45) is 0 Å². The molecule has 2 aromatic heterocycles. The quantitative estimate of drug-likeness (QED) is 0.370. The van der Waals surface area contributed by atoms with Crippen LogP contribution in [0.3, 0.4) is 0 Å². The number of pyridine rings is 1. The van der Waals surface area contributed by atoms with Crippen molar-refractivity contribution >= 4 is 45.4 Å². The molecule has 0 spiro atoms. The number of nitrogens with one attached hydrogen (secondary N) is 1. The number of aromatic amines is 1. The molecule has 0 aliphatic carbocycles. The molecule has 1 N–H and O–H groups in total. The second-order valence-corrected chi connectivity index (χ2v) is 7.96. The van der Waals surface area contributed by atoms with Gasteiger partial charge in [0.1, 0.15) is 5.82 Å². The van der Waals surface area contributed by atoms with Gasteiger partial charge in [0.25, 0.3) is 0 Å². The summed E-state index contributed by atoms with van der Waals surface area (Å²) in [6.45, 7) is 0.585. The first kappa shape index (κ1) is 18.4. The van der Waals surface area contributed by atoms with Crippen LogP contribution in [-0.2, 0) is 17.8 Å². The number of hydrogen-bond acceptors (Lipinski definition) is 3. The van der Waals surface area contributed by atoms with Gasteiger partial charge in [-0.2, -0.15) is 0 Å². The van der Waals surface area contributed by atoms with Crippen LogP contribution in [-0.4, -0.2) is 22.1 Å². The van der Waals surface area contributed by atoms with E-state index in [1.165, 1.54) is 9.13 Å². The van der Waals surface area contributed by atoms with Gasteiger partial charge in [0.2, 0.25) is 0 Å². The zero-order valence-corrected chi connectivity index (χ0v) is 17.6. The van der Waals surface area contributed by atoms with Gasteiger partial charge in [-0.1, -0.05) is 48.0 Å². The molecule has 0 atom stereocenters. The Kier molecular flexibility index (Phi) is 5.43. The van der Waals surface area contributed by atoms with E-state index in [9.17, 15) is 0 Å². The average Bonchev–Trinajstić information content (AvgIpc) is 3.05. The van der Waals surface area contributed by atoms with E-state index in [4.69, 9.17) is 21.3 Å². The zero-order valence-electron chi connectivity index (χ0n) is 14.7. The highest BCUT2D eigenvalue weighted by atomic mass is 127. The number of H-pyrrole nitrogens is 1. The van der Waals surface area contributed by atoms with Gasteiger partial charge in [0, 0.05) is 22.7 Å². The van der Waals surface area contributed by atoms with Gasteiger partial charge < -0.3 is 9.72 Å². The maximum Gasteiger partial charge on any atom is 0.178 e. The third kappa shape index (κ3) is 4.15. The Labute approximate surface area is 176 Å². The molecular formula is C21H17ClIN3O. The number of hydrogen-bond donors (Lipinski definition) is 1. The van der Waals surface area contributed by atoms with Gasteiger partial charge in [-0.15, -0.1) is 0 Å². The molecule has 0 saturated carbocycles. The monoisotopic (exact) mass is 489 g/mol. The van der Waals surface area contributed by atoms with Gasteiger partial charge in [0.05, 0.1) is 22.8 Å². The second kappa shape index (κ2) is 7.96. The van der Waals surface area contributed by atoms with Gasteiger partial charge in [-0.05, 0) is 51.9 Å². The van der Waals surface area contributed by atoms with Crippen molar-refractivity contribution < 1.29 is 4.74 Å². The molecule has 4 rings (SSSR count). The van der Waals surface area contributed by atoms with Crippen LogP contribution in [0.15, 0.2) is 54.6 Å². The number of aromatic nitrogens is 3. The van der Waals surface area contributed by atoms with Gasteiger partial charge in [-0.25, -0.2) is 9.97 Å². The van der Waals surface area contributed by atoms with E-state index in [0.717, 1.165) is 34.6 Å². The molecule has 2 heterocycles. The molecule has 0 amide bonds. The van der Waals surface area contributed by atoms with Crippen LogP contribution in [0.5, 0.6) is 0 Å². The predicted molar refractivity (Wildman–Crippen MR) is 117 cm³/mol. The SMILES string of the molecule is COCc1ccc(-c2nc3nc(Cc4ccc(I)cc4)[nH]c3cc2Cl)cc1. The van der Waals surface area contributed by atoms with Gasteiger partial charge in [-0.3, -0.25) is 0 Å². The van der Waals surface area contributed by atoms with Crippen molar-refractivity contribution in [1.29, 1.82) is 0 Å². The Bertz CT molecular complexity index is 1080. The summed E-state index contributed by atoms with van der Waals surface area (Å²) in [7, 11) is 1.69. The van der Waals surface area contributed by atoms with Crippen molar-refractivity contribution in [3.63, 3.8) is 0 Å². The molecule has 4 nitrogen and oxygen atoms in total. The summed E-state index contributed by atoms with van der Waals surface area (Å²) in [6.07, 6.45) is 0.728. The molecule has 0 unspecified atom stereocenters. The number of nitrogens with zero attached hydrogens (tertiary/aromatic N) is 2. The van der Waals surface area contributed by atoms with Crippen molar-refractivity contribution in [2.45, 2.75) is 13.0 Å². The molecule has 136 valence electrons. The van der Waals surface area contributed by atoms with Gasteiger partial charge in [0.15, 0.2) is 5.65 Å². The fourth-order valence-corrected chi connectivity index (χ4v) is 3.59. The highest BCUT2D eigenvalue weighted by Crippen LogP contribution is 2.29. The van der Waals surface area contributed by atoms with Crippen LogP contribution in [0.2, 0.25) is 5.02 Å². The second-order valence-electron chi connectivity index (χ2n) is 6.31. The molecule has 0 radical (unpaired) electrons. The first-order valence-electron chi connectivity index (χ1n) is 8.50. The van der Waals surface area contributed by atoms with Crippen LogP contribution in [0.1, 0.15) is 17.0 Å². The lowest BCUT2D eigenvalue weighted by molar-refractivity contribution is 0.185. The molecule has 0 fully saturated rings. The minimum absolute atomic E-state index is 0.585. The summed E-state index contributed by atoms with van der Waals surface area (Å²) in [5.74, 6) is 0.877. The number of rotatable bonds is 5. The number of ether oxygens (including phenoxy) is 1. The van der Waals surface area contributed by atoms with Crippen molar-refractivity contribution in [3.05, 3.63) is 80.1 Å². The third-order valence-electron chi connectivity index (χ3n) is 4.30. The topological polar surface area (TPSA) is 50.8 Å². The lowest BCUT2D eigenvalue weighted by Gasteiger charge is -2.05. The molecule has 4 aromatic rings. The Morgan fingerprint density at radius 3 is 2.41 bits per heavy atom. The van der Waals surface area contributed by atoms with Gasteiger partial charge >= 0.3 is 0 Å². The van der Waals surface area contributed by atoms with Crippen LogP contribution in [0.4, 0.5) is 0 Å². The van der Waals surface area contributed by atoms with Crippen molar-refractivity contribution in [1.82, 2.24) is 15.0 Å².